The van der Waals surface area contributed by atoms with E-state index in [4.69, 9.17) is 11.6 Å². The van der Waals surface area contributed by atoms with E-state index in [0.717, 1.165) is 22.6 Å². The molecule has 1 aromatic rings. The molecule has 5 heteroatoms. The Hall–Kier alpha value is -0.580. The smallest absolute Gasteiger partial charge is 0.147 e. The quantitative estimate of drug-likeness (QED) is 0.876. The standard InChI is InChI=1S/C13H20ClNO2S/c1-10-11(6-4-7-12(10)14)13(15-2)8-5-9-18(3,16)17/h4,6-7,13,15H,5,8-9H2,1-3H3. The summed E-state index contributed by atoms with van der Waals surface area (Å²) in [5, 5.41) is 3.97. The minimum absolute atomic E-state index is 0.144. The minimum Gasteiger partial charge on any atom is -0.313 e. The van der Waals surface area contributed by atoms with Gasteiger partial charge < -0.3 is 5.32 Å². The van der Waals surface area contributed by atoms with Crippen LogP contribution in [0.5, 0.6) is 0 Å². The van der Waals surface area contributed by atoms with E-state index < -0.39 is 9.84 Å². The Balaban J connectivity index is 2.75. The lowest BCUT2D eigenvalue weighted by atomic mass is 9.98. The van der Waals surface area contributed by atoms with Crippen LogP contribution in [0.2, 0.25) is 5.02 Å². The van der Waals surface area contributed by atoms with Crippen molar-refractivity contribution >= 4 is 21.4 Å². The second-order valence-corrected chi connectivity index (χ2v) is 7.23. The molecule has 0 aliphatic heterocycles. The average molecular weight is 290 g/mol. The molecule has 0 bridgehead atoms. The summed E-state index contributed by atoms with van der Waals surface area (Å²) in [5.74, 6) is 0.227. The highest BCUT2D eigenvalue weighted by molar-refractivity contribution is 7.90. The average Bonchev–Trinajstić information content (AvgIpc) is 2.27. The first-order chi connectivity index (χ1) is 8.35. The summed E-state index contributed by atoms with van der Waals surface area (Å²) in [6.07, 6.45) is 2.70. The highest BCUT2D eigenvalue weighted by Gasteiger charge is 2.14. The monoisotopic (exact) mass is 289 g/mol. The van der Waals surface area contributed by atoms with E-state index in [1.807, 2.05) is 32.2 Å². The number of halogens is 1. The molecule has 1 aromatic carbocycles. The minimum atomic E-state index is -2.88. The van der Waals surface area contributed by atoms with Crippen LogP contribution >= 0.6 is 11.6 Å². The zero-order valence-corrected chi connectivity index (χ0v) is 12.6. The second-order valence-electron chi connectivity index (χ2n) is 4.57. The summed E-state index contributed by atoms with van der Waals surface area (Å²) in [5.41, 5.74) is 2.19. The van der Waals surface area contributed by atoms with Crippen molar-refractivity contribution in [3.05, 3.63) is 34.3 Å². The fraction of sp³-hybridized carbons (Fsp3) is 0.538. The molecule has 1 unspecified atom stereocenters. The summed E-state index contributed by atoms with van der Waals surface area (Å²) >= 11 is 6.10. The van der Waals surface area contributed by atoms with Crippen LogP contribution in [0, 0.1) is 6.92 Å². The molecule has 0 heterocycles. The van der Waals surface area contributed by atoms with E-state index in [0.29, 0.717) is 6.42 Å². The lowest BCUT2D eigenvalue weighted by molar-refractivity contribution is 0.534. The largest absolute Gasteiger partial charge is 0.313 e. The van der Waals surface area contributed by atoms with Crippen LogP contribution in [-0.4, -0.2) is 27.5 Å². The Labute approximate surface area is 114 Å². The lowest BCUT2D eigenvalue weighted by Gasteiger charge is -2.19. The molecule has 1 rings (SSSR count). The molecule has 0 aliphatic rings. The van der Waals surface area contributed by atoms with Gasteiger partial charge in [-0.05, 0) is 44.0 Å². The highest BCUT2D eigenvalue weighted by atomic mass is 35.5. The molecular weight excluding hydrogens is 270 g/mol. The Morgan fingerprint density at radius 2 is 2.06 bits per heavy atom. The maximum Gasteiger partial charge on any atom is 0.147 e. The zero-order chi connectivity index (χ0) is 13.8. The van der Waals surface area contributed by atoms with Gasteiger partial charge in [-0.2, -0.15) is 0 Å². The van der Waals surface area contributed by atoms with Crippen molar-refractivity contribution in [3.63, 3.8) is 0 Å². The fourth-order valence-electron chi connectivity index (χ4n) is 2.01. The Morgan fingerprint density at radius 3 is 2.61 bits per heavy atom. The summed E-state index contributed by atoms with van der Waals surface area (Å²) in [6.45, 7) is 1.98. The fourth-order valence-corrected chi connectivity index (χ4v) is 2.88. The third kappa shape index (κ3) is 4.59. The van der Waals surface area contributed by atoms with E-state index in [-0.39, 0.29) is 11.8 Å². The molecule has 0 saturated carbocycles. The number of nitrogens with one attached hydrogen (secondary N) is 1. The molecule has 0 saturated heterocycles. The molecular formula is C13H20ClNO2S. The summed E-state index contributed by atoms with van der Waals surface area (Å²) in [7, 11) is -1.00. The molecule has 0 amide bonds. The van der Waals surface area contributed by atoms with Gasteiger partial charge in [0.2, 0.25) is 0 Å². The molecule has 102 valence electrons. The van der Waals surface area contributed by atoms with Crippen LogP contribution in [0.15, 0.2) is 18.2 Å². The number of rotatable bonds is 6. The first-order valence-corrected chi connectivity index (χ1v) is 8.39. The van der Waals surface area contributed by atoms with E-state index in [9.17, 15) is 8.42 Å². The van der Waals surface area contributed by atoms with Crippen molar-refractivity contribution in [1.82, 2.24) is 5.32 Å². The van der Waals surface area contributed by atoms with Crippen LogP contribution in [0.25, 0.3) is 0 Å². The molecule has 0 fully saturated rings. The van der Waals surface area contributed by atoms with E-state index in [2.05, 4.69) is 5.32 Å². The van der Waals surface area contributed by atoms with Crippen molar-refractivity contribution in [3.8, 4) is 0 Å². The maximum absolute atomic E-state index is 11.1. The number of hydrogen-bond acceptors (Lipinski definition) is 3. The molecule has 3 nitrogen and oxygen atoms in total. The van der Waals surface area contributed by atoms with Gasteiger partial charge in [-0.3, -0.25) is 0 Å². The van der Waals surface area contributed by atoms with Gasteiger partial charge in [0, 0.05) is 23.1 Å². The lowest BCUT2D eigenvalue weighted by Crippen LogP contribution is -2.18. The molecule has 18 heavy (non-hydrogen) atoms. The van der Waals surface area contributed by atoms with Crippen LogP contribution in [0.3, 0.4) is 0 Å². The highest BCUT2D eigenvalue weighted by Crippen LogP contribution is 2.26. The van der Waals surface area contributed by atoms with Crippen molar-refractivity contribution < 1.29 is 8.42 Å². The van der Waals surface area contributed by atoms with Crippen LogP contribution in [0.4, 0.5) is 0 Å². The molecule has 1 atom stereocenters. The second kappa shape index (κ2) is 6.55. The molecule has 0 radical (unpaired) electrons. The van der Waals surface area contributed by atoms with Gasteiger partial charge in [0.05, 0.1) is 0 Å². The topological polar surface area (TPSA) is 46.2 Å². The number of sulfone groups is 1. The SMILES string of the molecule is CNC(CCCS(C)(=O)=O)c1cccc(Cl)c1C. The molecule has 1 N–H and O–H groups in total. The first-order valence-electron chi connectivity index (χ1n) is 5.95. The maximum atomic E-state index is 11.1. The normalized spacial score (nSPS) is 13.6. The predicted molar refractivity (Wildman–Crippen MR) is 76.9 cm³/mol. The van der Waals surface area contributed by atoms with E-state index in [1.54, 1.807) is 0 Å². The van der Waals surface area contributed by atoms with Gasteiger partial charge in [0.15, 0.2) is 0 Å². The van der Waals surface area contributed by atoms with Gasteiger partial charge >= 0.3 is 0 Å². The predicted octanol–water partition coefficient (Wildman–Crippen LogP) is 2.73. The van der Waals surface area contributed by atoms with Gasteiger partial charge in [-0.25, -0.2) is 8.42 Å². The van der Waals surface area contributed by atoms with Gasteiger partial charge in [0.25, 0.3) is 0 Å². The third-order valence-electron chi connectivity index (χ3n) is 3.04. The van der Waals surface area contributed by atoms with Crippen molar-refractivity contribution in [2.24, 2.45) is 0 Å². The molecule has 0 aliphatic carbocycles. The van der Waals surface area contributed by atoms with Gasteiger partial charge in [-0.1, -0.05) is 23.7 Å². The molecule has 0 aromatic heterocycles. The van der Waals surface area contributed by atoms with Crippen LogP contribution in [0.1, 0.15) is 30.0 Å². The molecule has 0 spiro atoms. The van der Waals surface area contributed by atoms with Crippen molar-refractivity contribution in [2.45, 2.75) is 25.8 Å². The Kier molecular flexibility index (Phi) is 5.63. The Morgan fingerprint density at radius 1 is 1.39 bits per heavy atom. The summed E-state index contributed by atoms with van der Waals surface area (Å²) < 4.78 is 22.2. The third-order valence-corrected chi connectivity index (χ3v) is 4.48. The summed E-state index contributed by atoms with van der Waals surface area (Å²) in [6, 6.07) is 5.96. The zero-order valence-electron chi connectivity index (χ0n) is 11.0. The van der Waals surface area contributed by atoms with Crippen LogP contribution in [-0.2, 0) is 9.84 Å². The van der Waals surface area contributed by atoms with Crippen molar-refractivity contribution in [2.75, 3.05) is 19.1 Å². The number of benzene rings is 1. The Bertz CT molecular complexity index is 500. The van der Waals surface area contributed by atoms with E-state index in [1.165, 1.54) is 6.26 Å². The number of hydrogen-bond donors (Lipinski definition) is 1. The summed E-state index contributed by atoms with van der Waals surface area (Å²) in [4.78, 5) is 0. The van der Waals surface area contributed by atoms with E-state index >= 15 is 0 Å². The first kappa shape index (κ1) is 15.5. The van der Waals surface area contributed by atoms with Gasteiger partial charge in [0.1, 0.15) is 9.84 Å². The van der Waals surface area contributed by atoms with Gasteiger partial charge in [-0.15, -0.1) is 0 Å². The van der Waals surface area contributed by atoms with Crippen molar-refractivity contribution in [1.29, 1.82) is 0 Å². The van der Waals surface area contributed by atoms with Crippen LogP contribution < -0.4 is 5.32 Å².